The van der Waals surface area contributed by atoms with Crippen LogP contribution in [0.25, 0.3) is 0 Å². The zero-order chi connectivity index (χ0) is 16.9. The summed E-state index contributed by atoms with van der Waals surface area (Å²) in [6, 6.07) is 3.11. The second kappa shape index (κ2) is 7.66. The molecule has 0 bridgehead atoms. The van der Waals surface area contributed by atoms with Crippen molar-refractivity contribution in [2.45, 2.75) is 30.4 Å². The SMILES string of the molecule is CC(C)c1nc(CCNC(=O)CNS(=O)(=O)c2cccs2)no1. The molecule has 0 aliphatic heterocycles. The number of nitrogens with one attached hydrogen (secondary N) is 2. The van der Waals surface area contributed by atoms with Gasteiger partial charge >= 0.3 is 0 Å². The van der Waals surface area contributed by atoms with Crippen molar-refractivity contribution in [2.75, 3.05) is 13.1 Å². The van der Waals surface area contributed by atoms with Crippen LogP contribution in [0.3, 0.4) is 0 Å². The van der Waals surface area contributed by atoms with Crippen molar-refractivity contribution >= 4 is 27.3 Å². The van der Waals surface area contributed by atoms with Crippen LogP contribution in [0.4, 0.5) is 0 Å². The zero-order valence-electron chi connectivity index (χ0n) is 12.8. The largest absolute Gasteiger partial charge is 0.355 e. The Morgan fingerprint density at radius 2 is 2.22 bits per heavy atom. The molecule has 0 saturated carbocycles. The van der Waals surface area contributed by atoms with E-state index in [0.717, 1.165) is 11.3 Å². The zero-order valence-corrected chi connectivity index (χ0v) is 14.4. The van der Waals surface area contributed by atoms with E-state index >= 15 is 0 Å². The van der Waals surface area contributed by atoms with E-state index in [-0.39, 0.29) is 16.7 Å². The molecule has 0 radical (unpaired) electrons. The van der Waals surface area contributed by atoms with E-state index in [1.54, 1.807) is 11.4 Å². The van der Waals surface area contributed by atoms with Crippen molar-refractivity contribution in [2.24, 2.45) is 0 Å². The van der Waals surface area contributed by atoms with Gasteiger partial charge in [-0.1, -0.05) is 25.1 Å². The molecule has 0 spiro atoms. The van der Waals surface area contributed by atoms with E-state index < -0.39 is 15.9 Å². The number of aromatic nitrogens is 2. The van der Waals surface area contributed by atoms with Crippen LogP contribution < -0.4 is 10.0 Å². The third-order valence-electron chi connectivity index (χ3n) is 2.83. The van der Waals surface area contributed by atoms with E-state index in [1.165, 1.54) is 6.07 Å². The molecule has 23 heavy (non-hydrogen) atoms. The summed E-state index contributed by atoms with van der Waals surface area (Å²) in [4.78, 5) is 15.9. The van der Waals surface area contributed by atoms with Gasteiger partial charge in [-0.15, -0.1) is 11.3 Å². The first-order valence-corrected chi connectivity index (χ1v) is 9.37. The van der Waals surface area contributed by atoms with Gasteiger partial charge < -0.3 is 9.84 Å². The van der Waals surface area contributed by atoms with Crippen molar-refractivity contribution in [1.82, 2.24) is 20.2 Å². The van der Waals surface area contributed by atoms with Gasteiger partial charge in [-0.05, 0) is 11.4 Å². The maximum atomic E-state index is 11.8. The maximum Gasteiger partial charge on any atom is 0.250 e. The van der Waals surface area contributed by atoms with Gasteiger partial charge in [0.25, 0.3) is 10.0 Å². The summed E-state index contributed by atoms with van der Waals surface area (Å²) in [7, 11) is -3.63. The van der Waals surface area contributed by atoms with Crippen molar-refractivity contribution in [3.8, 4) is 0 Å². The lowest BCUT2D eigenvalue weighted by Crippen LogP contribution is -2.37. The molecule has 10 heteroatoms. The van der Waals surface area contributed by atoms with Gasteiger partial charge in [-0.25, -0.2) is 13.1 Å². The highest BCUT2D eigenvalue weighted by Gasteiger charge is 2.16. The molecule has 2 N–H and O–H groups in total. The number of amides is 1. The quantitative estimate of drug-likeness (QED) is 0.724. The van der Waals surface area contributed by atoms with Crippen molar-refractivity contribution in [1.29, 1.82) is 0 Å². The summed E-state index contributed by atoms with van der Waals surface area (Å²) in [6.07, 6.45) is 0.416. The molecule has 0 atom stereocenters. The van der Waals surface area contributed by atoms with Crippen LogP contribution in [0.1, 0.15) is 31.5 Å². The van der Waals surface area contributed by atoms with Crippen LogP contribution in [-0.2, 0) is 21.2 Å². The van der Waals surface area contributed by atoms with Gasteiger partial charge in [0.15, 0.2) is 5.82 Å². The normalized spacial score (nSPS) is 11.8. The Morgan fingerprint density at radius 1 is 1.43 bits per heavy atom. The van der Waals surface area contributed by atoms with E-state index in [2.05, 4.69) is 20.2 Å². The van der Waals surface area contributed by atoms with E-state index in [1.807, 2.05) is 13.8 Å². The molecule has 0 aliphatic rings. The smallest absolute Gasteiger partial charge is 0.250 e. The van der Waals surface area contributed by atoms with Crippen LogP contribution in [0.15, 0.2) is 26.2 Å². The minimum atomic E-state index is -3.63. The number of thiophene rings is 1. The molecular weight excluding hydrogens is 340 g/mol. The highest BCUT2D eigenvalue weighted by atomic mass is 32.2. The predicted molar refractivity (Wildman–Crippen MR) is 84.6 cm³/mol. The fraction of sp³-hybridized carbons (Fsp3) is 0.462. The molecule has 2 rings (SSSR count). The number of hydrogen-bond acceptors (Lipinski definition) is 7. The average Bonchev–Trinajstić information content (AvgIpc) is 3.17. The molecule has 0 aromatic carbocycles. The van der Waals surface area contributed by atoms with Crippen LogP contribution in [0.2, 0.25) is 0 Å². The van der Waals surface area contributed by atoms with Gasteiger partial charge in [0.2, 0.25) is 11.8 Å². The average molecular weight is 358 g/mol. The van der Waals surface area contributed by atoms with Crippen LogP contribution in [0.5, 0.6) is 0 Å². The van der Waals surface area contributed by atoms with Crippen LogP contribution >= 0.6 is 11.3 Å². The monoisotopic (exact) mass is 358 g/mol. The van der Waals surface area contributed by atoms with Crippen molar-refractivity contribution < 1.29 is 17.7 Å². The molecular formula is C13H18N4O4S2. The predicted octanol–water partition coefficient (Wildman–Crippen LogP) is 0.892. The molecule has 0 aliphatic carbocycles. The van der Waals surface area contributed by atoms with Crippen LogP contribution in [0, 0.1) is 0 Å². The van der Waals surface area contributed by atoms with Crippen molar-refractivity contribution in [3.05, 3.63) is 29.2 Å². The lowest BCUT2D eigenvalue weighted by Gasteiger charge is -2.05. The molecule has 0 fully saturated rings. The molecule has 1 amide bonds. The lowest BCUT2D eigenvalue weighted by atomic mass is 10.2. The second-order valence-electron chi connectivity index (χ2n) is 5.06. The van der Waals surface area contributed by atoms with Gasteiger partial charge in [0.05, 0.1) is 6.54 Å². The Hall–Kier alpha value is -1.78. The molecule has 2 aromatic rings. The van der Waals surface area contributed by atoms with Gasteiger partial charge in [0, 0.05) is 18.9 Å². The Morgan fingerprint density at radius 3 is 2.83 bits per heavy atom. The first-order chi connectivity index (χ1) is 10.9. The Kier molecular flexibility index (Phi) is 5.85. The summed E-state index contributed by atoms with van der Waals surface area (Å²) < 4.78 is 31.2. The van der Waals surface area contributed by atoms with Gasteiger partial charge in [-0.2, -0.15) is 4.98 Å². The van der Waals surface area contributed by atoms with E-state index in [4.69, 9.17) is 4.52 Å². The first kappa shape index (κ1) is 17.6. The van der Waals surface area contributed by atoms with Gasteiger partial charge in [0.1, 0.15) is 4.21 Å². The standard InChI is InChI=1S/C13H18N4O4S2/c1-9(2)13-16-10(17-21-13)5-6-14-11(18)8-15-23(19,20)12-4-3-7-22-12/h3-4,7,9,15H,5-6,8H2,1-2H3,(H,14,18). The molecule has 0 saturated heterocycles. The molecule has 2 aromatic heterocycles. The minimum Gasteiger partial charge on any atom is -0.355 e. The third kappa shape index (κ3) is 5.12. The van der Waals surface area contributed by atoms with E-state index in [0.29, 0.717) is 24.7 Å². The Labute approximate surface area is 138 Å². The molecule has 8 nitrogen and oxygen atoms in total. The van der Waals surface area contributed by atoms with Crippen LogP contribution in [-0.4, -0.2) is 37.6 Å². The number of sulfonamides is 1. The lowest BCUT2D eigenvalue weighted by molar-refractivity contribution is -0.119. The summed E-state index contributed by atoms with van der Waals surface area (Å²) in [5.41, 5.74) is 0. The number of nitrogens with zero attached hydrogens (tertiary/aromatic N) is 2. The number of carbonyl (C=O) groups excluding carboxylic acids is 1. The number of hydrogen-bond donors (Lipinski definition) is 2. The summed E-state index contributed by atoms with van der Waals surface area (Å²) in [5, 5.41) is 8.07. The Bertz CT molecular complexity index is 738. The van der Waals surface area contributed by atoms with Gasteiger partial charge in [-0.3, -0.25) is 4.79 Å². The highest BCUT2D eigenvalue weighted by molar-refractivity contribution is 7.91. The summed E-state index contributed by atoms with van der Waals surface area (Å²) >= 11 is 1.09. The fourth-order valence-electron chi connectivity index (χ4n) is 1.63. The third-order valence-corrected chi connectivity index (χ3v) is 5.63. The Balaban J connectivity index is 1.73. The minimum absolute atomic E-state index is 0.150. The van der Waals surface area contributed by atoms with Crippen molar-refractivity contribution in [3.63, 3.8) is 0 Å². The van der Waals surface area contributed by atoms with E-state index in [9.17, 15) is 13.2 Å². The fourth-order valence-corrected chi connectivity index (χ4v) is 3.65. The number of rotatable bonds is 8. The maximum absolute atomic E-state index is 11.8. The number of carbonyl (C=O) groups is 1. The second-order valence-corrected chi connectivity index (χ2v) is 8.00. The molecule has 0 unspecified atom stereocenters. The first-order valence-electron chi connectivity index (χ1n) is 7.01. The highest BCUT2D eigenvalue weighted by Crippen LogP contribution is 2.14. The molecule has 2 heterocycles. The summed E-state index contributed by atoms with van der Waals surface area (Å²) in [6.45, 7) is 3.87. The molecule has 126 valence electrons. The summed E-state index contributed by atoms with van der Waals surface area (Å²) in [5.74, 6) is 0.790. The topological polar surface area (TPSA) is 114 Å².